The molecule has 0 fully saturated rings. The first-order chi connectivity index (χ1) is 53.9. The Bertz CT molecular complexity index is 5340. The molecule has 0 unspecified atom stereocenters. The number of phenols is 1. The number of pyridine rings is 2. The fourth-order valence-electron chi connectivity index (χ4n) is 12.6. The minimum Gasteiger partial charge on any atom is -0.508 e. The van der Waals surface area contributed by atoms with Crippen LogP contribution in [0.4, 0.5) is 17.1 Å². The number of aromatic hydroxyl groups is 1. The number of amides is 1. The van der Waals surface area contributed by atoms with Gasteiger partial charge in [-0.2, -0.15) is 0 Å². The zero-order valence-electron chi connectivity index (χ0n) is 76.8. The van der Waals surface area contributed by atoms with E-state index in [4.69, 9.17) is 29.8 Å². The number of aromatic amines is 2. The molecule has 0 saturated heterocycles. The molecule has 1 amide bonds. The van der Waals surface area contributed by atoms with Gasteiger partial charge in [-0.15, -0.1) is 0 Å². The number of phenolic OH excluding ortho intramolecular Hbond substituents is 1. The predicted octanol–water partition coefficient (Wildman–Crippen LogP) is 22.6. The third-order valence-electron chi connectivity index (χ3n) is 19.1. The normalized spacial score (nSPS) is 12.1. The van der Waals surface area contributed by atoms with E-state index in [9.17, 15) is 53.6 Å². The molecule has 0 aliphatic rings. The van der Waals surface area contributed by atoms with Crippen LogP contribution in [-0.4, -0.2) is 60.9 Å². The van der Waals surface area contributed by atoms with Gasteiger partial charge in [-0.25, -0.2) is 4.79 Å². The molecule has 0 aliphatic carbocycles. The highest BCUT2D eigenvalue weighted by atomic mass is 16.6. The number of anilines is 2. The number of nitrogens with two attached hydrogens (primary N) is 1. The number of nitro groups is 1. The van der Waals surface area contributed by atoms with Crippen molar-refractivity contribution in [3.63, 3.8) is 0 Å². The van der Waals surface area contributed by atoms with Crippen LogP contribution in [0, 0.1) is 10.1 Å². The lowest BCUT2D eigenvalue weighted by Gasteiger charge is -2.29. The maximum Gasteiger partial charge on any atom is 0.341 e. The molecule has 9 aromatic rings. The minimum absolute atomic E-state index is 0.00859. The highest BCUT2D eigenvalue weighted by Gasteiger charge is 2.34. The summed E-state index contributed by atoms with van der Waals surface area (Å²) >= 11 is 0. The van der Waals surface area contributed by atoms with E-state index in [1.54, 1.807) is 66.7 Å². The van der Waals surface area contributed by atoms with Crippen LogP contribution in [-0.2, 0) is 73.3 Å². The maximum atomic E-state index is 13.1. The van der Waals surface area contributed by atoms with Crippen LogP contribution < -0.4 is 40.9 Å². The highest BCUT2D eigenvalue weighted by molar-refractivity contribution is 6.06. The molecule has 0 saturated carbocycles. The van der Waals surface area contributed by atoms with Gasteiger partial charge in [0.05, 0.1) is 11.0 Å². The number of carbonyl (C=O) groups is 6. The zero-order valence-corrected chi connectivity index (χ0v) is 76.8. The number of hydrogen-bond acceptors (Lipinski definition) is 16. The van der Waals surface area contributed by atoms with Crippen molar-refractivity contribution >= 4 is 74.6 Å². The van der Waals surface area contributed by atoms with E-state index in [0.29, 0.717) is 61.7 Å². The van der Waals surface area contributed by atoms with Crippen molar-refractivity contribution in [3.05, 3.63) is 231 Å². The summed E-state index contributed by atoms with van der Waals surface area (Å²) in [6.45, 7) is 67.9. The molecular formula is C98H131N5O16. The van der Waals surface area contributed by atoms with Crippen LogP contribution in [0.1, 0.15) is 312 Å². The number of esters is 4. The quantitative estimate of drug-likeness (QED) is 0.0271. The second-order valence-corrected chi connectivity index (χ2v) is 40.2. The van der Waals surface area contributed by atoms with Crippen molar-refractivity contribution < 1.29 is 62.9 Å². The summed E-state index contributed by atoms with van der Waals surface area (Å²) in [5.74, 6) is -0.991. The standard InChI is InChI=1S/C26H30N2O4.C16H23NO4.C16H25NO2.C16H24O2.C14H22O.C10H7NO3/c1-15(29)32-22-13-21(18(25(2,3)4)12-19(22)26(5,6)7)28-24(31)17-14-27-20-11-9-8-10-16(20)23(17)30;1-10(18)21-14-9-13(17(19)20)11(15(2,3)4)8-12(14)16(5,6)7;1-10(18)19-14-9-13(17)11(15(2,3)4)8-12(14)16(5,6)7;1-11(17)18-14-9-8-12(15(2,3)4)10-13(14)16(5,6)7;1-13(2,3)10-7-8-12(15)11(9-10)14(4,5)6;12-9-6-3-1-2-4-8(6)11-5-7(9)10(13)14/h8-14H,1-7H3,(H,27,30)(H,28,31);8-9H,1-7H3;8-9H,17H2,1-7H3;8-10H,1-7H3;7-9,15H,1-6H3;1-5H,(H,11,12)(H,13,14). The van der Waals surface area contributed by atoms with E-state index < -0.39 is 34.2 Å². The SMILES string of the molecule is CC(=O)Oc1cc(N)c(C(C)(C)C)cc1C(C)(C)C.CC(=O)Oc1cc(NC(=O)c2c[nH]c3ccccc3c2=O)c(C(C)(C)C)cc1C(C)(C)C.CC(=O)Oc1cc([N+](=O)[O-])c(C(C)(C)C)cc1C(C)(C)C.CC(=O)Oc1ccc(C(C)(C)C)cc1C(C)(C)C.CC(C)(C)c1ccc(O)c(C(C)(C)C)c1.O=C(O)c1c[nH]c2ccccc2c1=O. The average Bonchev–Trinajstić information content (AvgIpc) is 0.775. The van der Waals surface area contributed by atoms with Gasteiger partial charge in [-0.3, -0.25) is 43.7 Å². The van der Waals surface area contributed by atoms with E-state index in [1.165, 1.54) is 57.3 Å². The van der Waals surface area contributed by atoms with Gasteiger partial charge < -0.3 is 50.2 Å². The molecule has 21 heteroatoms. The van der Waals surface area contributed by atoms with Gasteiger partial charge in [-0.1, -0.05) is 256 Å². The molecular weight excluding hydrogens is 1500 g/mol. The number of nitrogens with one attached hydrogen (secondary N) is 3. The van der Waals surface area contributed by atoms with Crippen molar-refractivity contribution in [1.82, 2.24) is 9.97 Å². The molecule has 0 atom stereocenters. The number of nitrogens with zero attached hydrogens (tertiary/aromatic N) is 1. The van der Waals surface area contributed by atoms with Gasteiger partial charge in [0.1, 0.15) is 39.9 Å². The van der Waals surface area contributed by atoms with Crippen LogP contribution in [0.15, 0.2) is 143 Å². The van der Waals surface area contributed by atoms with E-state index >= 15 is 0 Å². The number of hydrogen-bond donors (Lipinski definition) is 6. The number of nitrogen functional groups attached to an aromatic ring is 1. The number of rotatable bonds is 8. The summed E-state index contributed by atoms with van der Waals surface area (Å²) in [5.41, 5.74) is 16.1. The van der Waals surface area contributed by atoms with Gasteiger partial charge >= 0.3 is 29.8 Å². The number of aromatic carboxylic acids is 1. The van der Waals surface area contributed by atoms with E-state index in [-0.39, 0.29) is 94.1 Å². The summed E-state index contributed by atoms with van der Waals surface area (Å²) in [4.78, 5) is 110. The van der Waals surface area contributed by atoms with E-state index in [2.05, 4.69) is 158 Å². The summed E-state index contributed by atoms with van der Waals surface area (Å²) < 4.78 is 21.3. The number of ether oxygens (including phenoxy) is 4. The smallest absolute Gasteiger partial charge is 0.341 e. The number of aromatic nitrogens is 2. The Labute approximate surface area is 704 Å². The van der Waals surface area contributed by atoms with Crippen LogP contribution in [0.25, 0.3) is 21.8 Å². The predicted molar refractivity (Wildman–Crippen MR) is 481 cm³/mol. The van der Waals surface area contributed by atoms with Crippen molar-refractivity contribution in [1.29, 1.82) is 0 Å². The first kappa shape index (κ1) is 100. The molecule has 7 N–H and O–H groups in total. The highest BCUT2D eigenvalue weighted by Crippen LogP contribution is 2.45. The molecule has 644 valence electrons. The van der Waals surface area contributed by atoms with Crippen LogP contribution in [0.2, 0.25) is 0 Å². The molecule has 0 radical (unpaired) electrons. The van der Waals surface area contributed by atoms with Gasteiger partial charge in [0, 0.05) is 113 Å². The number of carboxylic acids is 1. The van der Waals surface area contributed by atoms with Crippen molar-refractivity contribution in [3.8, 4) is 28.7 Å². The summed E-state index contributed by atoms with van der Waals surface area (Å²) in [6, 6.07) is 36.5. The largest absolute Gasteiger partial charge is 0.508 e. The summed E-state index contributed by atoms with van der Waals surface area (Å²) in [5, 5.41) is 33.6. The zero-order chi connectivity index (χ0) is 91.6. The lowest BCUT2D eigenvalue weighted by atomic mass is 9.79. The number of carboxylic acid groups (broad SMARTS) is 1. The molecule has 0 spiro atoms. The first-order valence-electron chi connectivity index (χ1n) is 39.8. The third kappa shape index (κ3) is 28.5. The Morgan fingerprint density at radius 1 is 0.378 bits per heavy atom. The topological polar surface area (TPSA) is 327 Å². The van der Waals surface area contributed by atoms with E-state index in [0.717, 1.165) is 38.9 Å². The molecule has 7 aromatic carbocycles. The minimum atomic E-state index is -1.21. The molecule has 0 aliphatic heterocycles. The van der Waals surface area contributed by atoms with Crippen molar-refractivity contribution in [2.24, 2.45) is 0 Å². The van der Waals surface area contributed by atoms with Crippen LogP contribution in [0.3, 0.4) is 0 Å². The van der Waals surface area contributed by atoms with Gasteiger partial charge in [0.15, 0.2) is 0 Å². The number of nitro benzene ring substituents is 1. The van der Waals surface area contributed by atoms with Gasteiger partial charge in [0.2, 0.25) is 10.9 Å². The summed E-state index contributed by atoms with van der Waals surface area (Å²) in [6.07, 6.45) is 2.64. The van der Waals surface area contributed by atoms with Gasteiger partial charge in [0.25, 0.3) is 11.6 Å². The van der Waals surface area contributed by atoms with Crippen molar-refractivity contribution in [2.75, 3.05) is 11.1 Å². The Balaban J connectivity index is 0.000000308. The second-order valence-electron chi connectivity index (χ2n) is 40.2. The fraction of sp³-hybridized carbons (Fsp3) is 0.449. The maximum absolute atomic E-state index is 13.1. The number of para-hydroxylation sites is 2. The van der Waals surface area contributed by atoms with Crippen LogP contribution >= 0.6 is 0 Å². The molecule has 2 aromatic heterocycles. The molecule has 9 rings (SSSR count). The number of carbonyl (C=O) groups excluding carboxylic acids is 5. The Hall–Kier alpha value is -11.2. The molecule has 0 bridgehead atoms. The molecule has 119 heavy (non-hydrogen) atoms. The first-order valence-corrected chi connectivity index (χ1v) is 39.8. The lowest BCUT2D eigenvalue weighted by molar-refractivity contribution is -0.386. The molecule has 2 heterocycles. The number of H-pyrrole nitrogens is 2. The lowest BCUT2D eigenvalue weighted by Crippen LogP contribution is -2.25. The summed E-state index contributed by atoms with van der Waals surface area (Å²) in [7, 11) is 0. The van der Waals surface area contributed by atoms with E-state index in [1.807, 2.05) is 113 Å². The average molecular weight is 1640 g/mol. The molecule has 21 nitrogen and oxygen atoms in total. The second kappa shape index (κ2) is 38.2. The number of fused-ring (bicyclic) bond motifs is 2. The number of benzene rings is 7. The Morgan fingerprint density at radius 2 is 0.697 bits per heavy atom. The van der Waals surface area contributed by atoms with Crippen LogP contribution in [0.5, 0.6) is 28.7 Å². The Morgan fingerprint density at radius 3 is 1.07 bits per heavy atom. The Kier molecular flexibility index (Phi) is 32.2. The van der Waals surface area contributed by atoms with Crippen molar-refractivity contribution in [2.45, 2.75) is 290 Å². The fourth-order valence-corrected chi connectivity index (χ4v) is 12.6. The van der Waals surface area contributed by atoms with Gasteiger partial charge in [-0.05, 0) is 137 Å². The monoisotopic (exact) mass is 1630 g/mol. The third-order valence-corrected chi connectivity index (χ3v) is 19.1.